The minimum atomic E-state index is 0. The summed E-state index contributed by atoms with van der Waals surface area (Å²) in [7, 11) is 0. The van der Waals surface area contributed by atoms with Crippen LogP contribution in [0.15, 0.2) is 0 Å². The Morgan fingerprint density at radius 2 is 1.83 bits per heavy atom. The molecule has 0 aliphatic heterocycles. The first-order valence-corrected chi connectivity index (χ1v) is 1.88. The molecule has 0 amide bonds. The van der Waals surface area contributed by atoms with E-state index >= 15 is 0 Å². The zero-order valence-electron chi connectivity index (χ0n) is 5.73. The number of aliphatic hydroxyl groups is 1. The fraction of sp³-hybridized carbons (Fsp3) is 1.00. The molecule has 0 radical (unpaired) electrons. The van der Waals surface area contributed by atoms with Gasteiger partial charge in [0, 0.05) is 6.61 Å². The van der Waals surface area contributed by atoms with Gasteiger partial charge in [0.25, 0.3) is 0 Å². The maximum Gasteiger partial charge on any atom is 1.00 e. The van der Waals surface area contributed by atoms with E-state index in [2.05, 4.69) is 0 Å². The second kappa shape index (κ2) is 6.77. The summed E-state index contributed by atoms with van der Waals surface area (Å²) >= 11 is 0. The molecule has 0 bridgehead atoms. The van der Waals surface area contributed by atoms with Gasteiger partial charge in [-0.3, -0.25) is 0 Å². The molecule has 0 aromatic carbocycles. The number of hydrogen-bond acceptors (Lipinski definition) is 1. The maximum absolute atomic E-state index is 8.14. The van der Waals surface area contributed by atoms with Crippen molar-refractivity contribution in [3.63, 3.8) is 0 Å². The van der Waals surface area contributed by atoms with Crippen LogP contribution in [0.25, 0.3) is 0 Å². The third kappa shape index (κ3) is 9.23. The van der Waals surface area contributed by atoms with Crippen LogP contribution in [0, 0.1) is 5.92 Å². The first kappa shape index (κ1) is 10.7. The molecule has 0 aromatic rings. The molecule has 0 fully saturated rings. The second-order valence-corrected chi connectivity index (χ2v) is 1.58. The summed E-state index contributed by atoms with van der Waals surface area (Å²) in [5.41, 5.74) is 0. The van der Waals surface area contributed by atoms with Crippen molar-refractivity contribution < 1.29 is 64.7 Å². The van der Waals surface area contributed by atoms with E-state index in [0.717, 1.165) is 0 Å². The van der Waals surface area contributed by atoms with Gasteiger partial charge in [-0.05, 0) is 5.92 Å². The summed E-state index contributed by atoms with van der Waals surface area (Å²) in [4.78, 5) is 0. The van der Waals surface area contributed by atoms with Crippen LogP contribution in [0.1, 0.15) is 15.3 Å². The Morgan fingerprint density at radius 3 is 1.83 bits per heavy atom. The molecule has 0 spiro atoms. The van der Waals surface area contributed by atoms with Crippen molar-refractivity contribution in [2.45, 2.75) is 13.8 Å². The molecular formula is C4H11ORb. The molecule has 0 atom stereocenters. The topological polar surface area (TPSA) is 20.2 Å². The van der Waals surface area contributed by atoms with Crippen molar-refractivity contribution in [1.82, 2.24) is 0 Å². The molecule has 0 aliphatic carbocycles. The minimum Gasteiger partial charge on any atom is -1.00 e. The van der Waals surface area contributed by atoms with Crippen LogP contribution in [-0.2, 0) is 0 Å². The van der Waals surface area contributed by atoms with Gasteiger partial charge in [-0.2, -0.15) is 0 Å². The molecule has 0 heterocycles. The van der Waals surface area contributed by atoms with Crippen LogP contribution in [-0.4, -0.2) is 11.7 Å². The van der Waals surface area contributed by atoms with Crippen molar-refractivity contribution in [2.24, 2.45) is 5.92 Å². The summed E-state index contributed by atoms with van der Waals surface area (Å²) < 4.78 is 0. The van der Waals surface area contributed by atoms with Gasteiger partial charge in [-0.25, -0.2) is 0 Å². The Morgan fingerprint density at radius 1 is 1.67 bits per heavy atom. The first-order valence-electron chi connectivity index (χ1n) is 1.88. The predicted molar refractivity (Wildman–Crippen MR) is 23.0 cm³/mol. The van der Waals surface area contributed by atoms with Gasteiger partial charge in [0.2, 0.25) is 0 Å². The summed E-state index contributed by atoms with van der Waals surface area (Å²) in [5, 5.41) is 8.14. The summed E-state index contributed by atoms with van der Waals surface area (Å²) in [6, 6.07) is 0. The third-order valence-electron chi connectivity index (χ3n) is 0.365. The van der Waals surface area contributed by atoms with Gasteiger partial charge < -0.3 is 6.53 Å². The van der Waals surface area contributed by atoms with Crippen LogP contribution in [0.2, 0.25) is 0 Å². The van der Waals surface area contributed by atoms with Gasteiger partial charge in [0.15, 0.2) is 0 Å². The molecule has 0 unspecified atom stereocenters. The van der Waals surface area contributed by atoms with E-state index in [4.69, 9.17) is 5.11 Å². The van der Waals surface area contributed by atoms with Gasteiger partial charge >= 0.3 is 58.2 Å². The SMILES string of the molecule is CC(C)CO.[H-].[Rb+]. The Hall–Kier alpha value is 1.77. The monoisotopic (exact) mass is 160 g/mol. The average molecular weight is 161 g/mol. The summed E-state index contributed by atoms with van der Waals surface area (Å²) in [6.45, 7) is 4.25. The third-order valence-corrected chi connectivity index (χ3v) is 0.365. The fourth-order valence-corrected chi connectivity index (χ4v) is 0. The second-order valence-electron chi connectivity index (χ2n) is 1.58. The number of aliphatic hydroxyl groups excluding tert-OH is 1. The quantitative estimate of drug-likeness (QED) is 0.460. The molecule has 0 saturated heterocycles. The van der Waals surface area contributed by atoms with E-state index < -0.39 is 0 Å². The van der Waals surface area contributed by atoms with E-state index in [1.165, 1.54) is 0 Å². The van der Waals surface area contributed by atoms with E-state index in [1.807, 2.05) is 13.8 Å². The van der Waals surface area contributed by atoms with E-state index in [9.17, 15) is 0 Å². The molecular weight excluding hydrogens is 150 g/mol. The van der Waals surface area contributed by atoms with Crippen LogP contribution in [0.3, 0.4) is 0 Å². The number of hydrogen-bond donors (Lipinski definition) is 1. The normalized spacial score (nSPS) is 8.00. The zero-order valence-corrected chi connectivity index (χ0v) is 9.65. The van der Waals surface area contributed by atoms with Crippen LogP contribution >= 0.6 is 0 Å². The molecule has 0 rings (SSSR count). The standard InChI is InChI=1S/C4H10O.Rb.H/c1-4(2)3-5;;/h4-5H,3H2,1-2H3;;/q;+1;-1. The van der Waals surface area contributed by atoms with Crippen molar-refractivity contribution in [3.8, 4) is 0 Å². The molecule has 6 heavy (non-hydrogen) atoms. The van der Waals surface area contributed by atoms with Crippen molar-refractivity contribution in [1.29, 1.82) is 0 Å². The predicted octanol–water partition coefficient (Wildman–Crippen LogP) is -2.25. The van der Waals surface area contributed by atoms with Crippen molar-refractivity contribution in [2.75, 3.05) is 6.61 Å². The Labute approximate surface area is 89.4 Å². The first-order chi connectivity index (χ1) is 2.27. The maximum atomic E-state index is 8.14. The van der Waals surface area contributed by atoms with Crippen molar-refractivity contribution >= 4 is 0 Å². The zero-order chi connectivity index (χ0) is 4.28. The van der Waals surface area contributed by atoms with Crippen LogP contribution in [0.5, 0.6) is 0 Å². The molecule has 34 valence electrons. The smallest absolute Gasteiger partial charge is 1.00 e. The Kier molecular flexibility index (Phi) is 12.1. The van der Waals surface area contributed by atoms with Gasteiger partial charge in [0.1, 0.15) is 0 Å². The van der Waals surface area contributed by atoms with Crippen molar-refractivity contribution in [3.05, 3.63) is 0 Å². The molecule has 1 N–H and O–H groups in total. The van der Waals surface area contributed by atoms with Crippen LogP contribution in [0.4, 0.5) is 0 Å². The molecule has 0 aromatic heterocycles. The van der Waals surface area contributed by atoms with Crippen LogP contribution < -0.4 is 58.2 Å². The van der Waals surface area contributed by atoms with Gasteiger partial charge in [-0.15, -0.1) is 0 Å². The Balaban J connectivity index is -0.0000000800. The fourth-order valence-electron chi connectivity index (χ4n) is 0. The molecule has 1 nitrogen and oxygen atoms in total. The van der Waals surface area contributed by atoms with E-state index in [1.54, 1.807) is 0 Å². The van der Waals surface area contributed by atoms with E-state index in [0.29, 0.717) is 12.5 Å². The molecule has 0 saturated carbocycles. The largest absolute Gasteiger partial charge is 1.00 e. The Bertz CT molecular complexity index is 25.7. The van der Waals surface area contributed by atoms with Gasteiger partial charge in [0.05, 0.1) is 0 Å². The van der Waals surface area contributed by atoms with E-state index in [-0.39, 0.29) is 59.6 Å². The summed E-state index contributed by atoms with van der Waals surface area (Å²) in [6.07, 6.45) is 0. The molecule has 2 heteroatoms. The van der Waals surface area contributed by atoms with Gasteiger partial charge in [-0.1, -0.05) is 13.8 Å². The number of rotatable bonds is 1. The molecule has 0 aliphatic rings. The summed E-state index contributed by atoms with van der Waals surface area (Å²) in [5.74, 6) is 0.440. The average Bonchev–Trinajstić information content (AvgIpc) is 1.38. The minimum absolute atomic E-state index is 0.